The minimum atomic E-state index is -3.85. The van der Waals surface area contributed by atoms with Gasteiger partial charge in [-0.05, 0) is 62.2 Å². The van der Waals surface area contributed by atoms with Crippen molar-refractivity contribution in [3.05, 3.63) is 89.5 Å². The Balaban J connectivity index is 1.71. The molecule has 0 aliphatic heterocycles. The Morgan fingerprint density at radius 2 is 1.69 bits per heavy atom. The van der Waals surface area contributed by atoms with Crippen LogP contribution in [-0.2, 0) is 14.8 Å². The second-order valence-electron chi connectivity index (χ2n) is 8.47. The highest BCUT2D eigenvalue weighted by atomic mass is 32.2. The maximum absolute atomic E-state index is 13.0. The molecule has 0 aromatic heterocycles. The topological polar surface area (TPSA) is 106 Å². The van der Waals surface area contributed by atoms with Crippen LogP contribution in [0.4, 0.5) is 0 Å². The lowest BCUT2D eigenvalue weighted by molar-refractivity contribution is -0.121. The molecule has 0 fully saturated rings. The molecule has 3 aromatic rings. The first-order valence-electron chi connectivity index (χ1n) is 11.5. The molecular formula is C27H31N3O5S. The lowest BCUT2D eigenvalue weighted by Crippen LogP contribution is -2.32. The molecule has 2 N–H and O–H groups in total. The van der Waals surface area contributed by atoms with E-state index in [1.807, 2.05) is 26.8 Å². The summed E-state index contributed by atoms with van der Waals surface area (Å²) in [6.45, 7) is 5.73. The van der Waals surface area contributed by atoms with Crippen LogP contribution in [0.3, 0.4) is 0 Å². The molecular weight excluding hydrogens is 478 g/mol. The normalized spacial score (nSPS) is 12.5. The summed E-state index contributed by atoms with van der Waals surface area (Å²) in [5.74, 6) is 0.715. The van der Waals surface area contributed by atoms with Gasteiger partial charge in [0.15, 0.2) is 11.5 Å². The molecule has 0 saturated heterocycles. The maximum atomic E-state index is 13.0. The molecule has 8 nitrogen and oxygen atoms in total. The van der Waals surface area contributed by atoms with E-state index in [-0.39, 0.29) is 17.4 Å². The molecule has 3 rings (SSSR count). The van der Waals surface area contributed by atoms with Gasteiger partial charge < -0.3 is 9.47 Å². The average Bonchev–Trinajstić information content (AvgIpc) is 2.85. The van der Waals surface area contributed by atoms with Crippen LogP contribution >= 0.6 is 0 Å². The van der Waals surface area contributed by atoms with Gasteiger partial charge in [-0.1, -0.05) is 48.0 Å². The molecule has 0 radical (unpaired) electrons. The number of carbonyl (C=O) groups excluding carboxylic acids is 1. The number of hydrogen-bond donors (Lipinski definition) is 2. The highest BCUT2D eigenvalue weighted by Crippen LogP contribution is 2.28. The highest BCUT2D eigenvalue weighted by Gasteiger charge is 2.23. The number of aryl methyl sites for hydroxylation is 1. The summed E-state index contributed by atoms with van der Waals surface area (Å²) in [7, 11) is -2.30. The van der Waals surface area contributed by atoms with Crippen molar-refractivity contribution in [3.63, 3.8) is 0 Å². The summed E-state index contributed by atoms with van der Waals surface area (Å²) in [4.78, 5) is 12.8. The van der Waals surface area contributed by atoms with Gasteiger partial charge in [-0.25, -0.2) is 18.6 Å². The number of ether oxygens (including phenoxy) is 2. The Morgan fingerprint density at radius 1 is 1.00 bits per heavy atom. The third kappa shape index (κ3) is 7.66. The number of benzene rings is 3. The second kappa shape index (κ2) is 12.3. The minimum absolute atomic E-state index is 0.00121. The Hall–Kier alpha value is -3.69. The van der Waals surface area contributed by atoms with Crippen molar-refractivity contribution in [2.75, 3.05) is 7.11 Å². The van der Waals surface area contributed by atoms with Gasteiger partial charge in [-0.15, -0.1) is 0 Å². The van der Waals surface area contributed by atoms with E-state index in [2.05, 4.69) is 15.2 Å². The number of hydrogen-bond acceptors (Lipinski definition) is 6. The first-order valence-corrected chi connectivity index (χ1v) is 13.0. The predicted octanol–water partition coefficient (Wildman–Crippen LogP) is 4.35. The number of nitrogens with one attached hydrogen (secondary N) is 2. The summed E-state index contributed by atoms with van der Waals surface area (Å²) in [6.07, 6.45) is 1.34. The lowest BCUT2D eigenvalue weighted by atomic mass is 10.0. The van der Waals surface area contributed by atoms with Gasteiger partial charge in [0, 0.05) is 6.42 Å². The van der Waals surface area contributed by atoms with Gasteiger partial charge in [0.2, 0.25) is 15.9 Å². The summed E-state index contributed by atoms with van der Waals surface area (Å²) in [6, 6.07) is 20.0. The summed E-state index contributed by atoms with van der Waals surface area (Å²) < 4.78 is 39.7. The van der Waals surface area contributed by atoms with Gasteiger partial charge in [-0.2, -0.15) is 5.10 Å². The van der Waals surface area contributed by atoms with Crippen molar-refractivity contribution in [1.29, 1.82) is 0 Å². The van der Waals surface area contributed by atoms with E-state index in [4.69, 9.17) is 9.47 Å². The molecule has 1 amide bonds. The molecule has 0 aliphatic carbocycles. The number of carbonyl (C=O) groups is 1. The molecule has 0 saturated carbocycles. The lowest BCUT2D eigenvalue weighted by Gasteiger charge is -2.18. The molecule has 0 bridgehead atoms. The number of nitrogens with zero attached hydrogens (tertiary/aromatic N) is 1. The largest absolute Gasteiger partial charge is 0.493 e. The van der Waals surface area contributed by atoms with Gasteiger partial charge in [-0.3, -0.25) is 4.79 Å². The third-order valence-electron chi connectivity index (χ3n) is 5.17. The fourth-order valence-electron chi connectivity index (χ4n) is 3.41. The zero-order valence-electron chi connectivity index (χ0n) is 20.8. The SMILES string of the molecule is COc1cc(/C=N\NC(=O)C[C@@H](NS(=O)(=O)c2ccc(C)cc2)c2ccccc2)ccc1OC(C)C. The number of rotatable bonds is 11. The van der Waals surface area contributed by atoms with Crippen molar-refractivity contribution >= 4 is 22.1 Å². The maximum Gasteiger partial charge on any atom is 0.242 e. The number of amides is 1. The molecule has 0 heterocycles. The molecule has 9 heteroatoms. The number of methoxy groups -OCH3 is 1. The summed E-state index contributed by atoms with van der Waals surface area (Å²) >= 11 is 0. The van der Waals surface area contributed by atoms with Crippen LogP contribution in [0.15, 0.2) is 82.8 Å². The minimum Gasteiger partial charge on any atom is -0.493 e. The molecule has 3 aromatic carbocycles. The summed E-state index contributed by atoms with van der Waals surface area (Å²) in [5, 5.41) is 4.02. The van der Waals surface area contributed by atoms with Crippen LogP contribution in [0.25, 0.3) is 0 Å². The van der Waals surface area contributed by atoms with Crippen LogP contribution in [0.2, 0.25) is 0 Å². The Labute approximate surface area is 212 Å². The van der Waals surface area contributed by atoms with Crippen LogP contribution < -0.4 is 19.6 Å². The van der Waals surface area contributed by atoms with E-state index >= 15 is 0 Å². The van der Waals surface area contributed by atoms with E-state index < -0.39 is 22.0 Å². The Kier molecular flexibility index (Phi) is 9.21. The highest BCUT2D eigenvalue weighted by molar-refractivity contribution is 7.89. The first-order chi connectivity index (χ1) is 17.2. The summed E-state index contributed by atoms with van der Waals surface area (Å²) in [5.41, 5.74) is 4.78. The van der Waals surface area contributed by atoms with E-state index in [0.29, 0.717) is 22.6 Å². The van der Waals surface area contributed by atoms with Crippen LogP contribution in [0.1, 0.15) is 43.0 Å². The van der Waals surface area contributed by atoms with Gasteiger partial charge in [0.05, 0.1) is 30.4 Å². The zero-order valence-corrected chi connectivity index (χ0v) is 21.6. The van der Waals surface area contributed by atoms with Crippen molar-refractivity contribution in [2.24, 2.45) is 5.10 Å². The molecule has 36 heavy (non-hydrogen) atoms. The third-order valence-corrected chi connectivity index (χ3v) is 6.66. The van der Waals surface area contributed by atoms with E-state index in [9.17, 15) is 13.2 Å². The van der Waals surface area contributed by atoms with Gasteiger partial charge in [0.1, 0.15) is 0 Å². The van der Waals surface area contributed by atoms with Crippen molar-refractivity contribution in [2.45, 2.75) is 44.2 Å². The average molecular weight is 510 g/mol. The zero-order chi connectivity index (χ0) is 26.1. The van der Waals surface area contributed by atoms with Crippen LogP contribution in [0.5, 0.6) is 11.5 Å². The molecule has 1 atom stereocenters. The molecule has 190 valence electrons. The van der Waals surface area contributed by atoms with Crippen LogP contribution in [0, 0.1) is 6.92 Å². The predicted molar refractivity (Wildman–Crippen MR) is 140 cm³/mol. The Bertz CT molecular complexity index is 1290. The monoisotopic (exact) mass is 509 g/mol. The quantitative estimate of drug-likeness (QED) is 0.295. The Morgan fingerprint density at radius 3 is 2.33 bits per heavy atom. The number of sulfonamides is 1. The van der Waals surface area contributed by atoms with E-state index in [0.717, 1.165) is 5.56 Å². The van der Waals surface area contributed by atoms with E-state index in [1.165, 1.54) is 18.3 Å². The molecule has 0 aliphatic rings. The van der Waals surface area contributed by atoms with Crippen molar-refractivity contribution in [3.8, 4) is 11.5 Å². The molecule has 0 spiro atoms. The first kappa shape index (κ1) is 26.9. The van der Waals surface area contributed by atoms with E-state index in [1.54, 1.807) is 61.7 Å². The van der Waals surface area contributed by atoms with Crippen molar-refractivity contribution in [1.82, 2.24) is 10.1 Å². The van der Waals surface area contributed by atoms with Gasteiger partial charge >= 0.3 is 0 Å². The second-order valence-corrected chi connectivity index (χ2v) is 10.2. The number of hydrazone groups is 1. The standard InChI is InChI=1S/C27H31N3O5S/c1-19(2)35-25-15-12-21(16-26(25)34-4)18-28-29-27(31)17-24(22-8-6-5-7-9-22)30-36(32,33)23-13-10-20(3)11-14-23/h5-16,18-19,24,30H,17H2,1-4H3,(H,29,31)/b28-18-/t24-/m1/s1. The van der Waals surface area contributed by atoms with Crippen molar-refractivity contribution < 1.29 is 22.7 Å². The smallest absolute Gasteiger partial charge is 0.242 e. The molecule has 0 unspecified atom stereocenters. The fraction of sp³-hybridized carbons (Fsp3) is 0.259. The van der Waals surface area contributed by atoms with Crippen LogP contribution in [-0.4, -0.2) is 33.8 Å². The van der Waals surface area contributed by atoms with Gasteiger partial charge in [0.25, 0.3) is 0 Å². The fourth-order valence-corrected chi connectivity index (χ4v) is 4.64.